The smallest absolute Gasteiger partial charge is 0.333 e. The van der Waals surface area contributed by atoms with Crippen LogP contribution in [0.25, 0.3) is 0 Å². The van der Waals surface area contributed by atoms with Gasteiger partial charge in [-0.1, -0.05) is 19.9 Å². The van der Waals surface area contributed by atoms with Gasteiger partial charge < -0.3 is 4.74 Å². The molecule has 0 aliphatic carbocycles. The Balaban J connectivity index is 3.54. The number of carbonyl (C=O) groups is 1. The lowest BCUT2D eigenvalue weighted by atomic mass is 10.0. The monoisotopic (exact) mass is 230 g/mol. The average molecular weight is 230 g/mol. The summed E-state index contributed by atoms with van der Waals surface area (Å²) in [6, 6.07) is 0. The van der Waals surface area contributed by atoms with E-state index in [9.17, 15) is 4.79 Å². The van der Waals surface area contributed by atoms with Crippen LogP contribution in [0, 0.1) is 0 Å². The largest absolute Gasteiger partial charge is 0.460 e. The van der Waals surface area contributed by atoms with Crippen LogP contribution in [0.4, 0.5) is 0 Å². The lowest BCUT2D eigenvalue weighted by molar-refractivity contribution is -0.356. The van der Waals surface area contributed by atoms with Gasteiger partial charge in [-0.15, -0.1) is 0 Å². The summed E-state index contributed by atoms with van der Waals surface area (Å²) in [6.45, 7) is 11.5. The van der Waals surface area contributed by atoms with Crippen molar-refractivity contribution in [1.82, 2.24) is 0 Å². The van der Waals surface area contributed by atoms with E-state index in [4.69, 9.17) is 14.5 Å². The van der Waals surface area contributed by atoms with Crippen molar-refractivity contribution >= 4 is 5.97 Å². The molecule has 0 unspecified atom stereocenters. The van der Waals surface area contributed by atoms with Crippen molar-refractivity contribution in [3.05, 3.63) is 12.2 Å². The predicted octanol–water partition coefficient (Wildman–Crippen LogP) is 2.63. The van der Waals surface area contributed by atoms with Crippen LogP contribution in [-0.2, 0) is 19.3 Å². The summed E-state index contributed by atoms with van der Waals surface area (Å²) in [5.41, 5.74) is 0.0832. The zero-order valence-corrected chi connectivity index (χ0v) is 10.7. The van der Waals surface area contributed by atoms with Gasteiger partial charge in [-0.05, 0) is 27.2 Å². The molecular weight excluding hydrogens is 208 g/mol. The molecule has 0 atom stereocenters. The molecule has 0 N–H and O–H groups in total. The third-order valence-electron chi connectivity index (χ3n) is 1.88. The number of ether oxygens (including phenoxy) is 1. The van der Waals surface area contributed by atoms with Gasteiger partial charge in [-0.25, -0.2) is 14.6 Å². The molecule has 94 valence electrons. The fourth-order valence-electron chi connectivity index (χ4n) is 1.14. The number of hydrogen-bond acceptors (Lipinski definition) is 4. The molecule has 16 heavy (non-hydrogen) atoms. The van der Waals surface area contributed by atoms with Crippen LogP contribution in [0.2, 0.25) is 0 Å². The summed E-state index contributed by atoms with van der Waals surface area (Å²) < 4.78 is 4.83. The van der Waals surface area contributed by atoms with E-state index in [2.05, 4.69) is 13.5 Å². The Bertz CT molecular complexity index is 233. The first-order valence-electron chi connectivity index (χ1n) is 5.52. The fourth-order valence-corrected chi connectivity index (χ4v) is 1.14. The molecule has 4 nitrogen and oxygen atoms in total. The van der Waals surface area contributed by atoms with Gasteiger partial charge in [0, 0.05) is 5.57 Å². The van der Waals surface area contributed by atoms with Crippen LogP contribution in [0.15, 0.2) is 12.2 Å². The molecule has 0 amide bonds. The van der Waals surface area contributed by atoms with Crippen LogP contribution in [0.3, 0.4) is 0 Å². The highest BCUT2D eigenvalue weighted by atomic mass is 17.2. The van der Waals surface area contributed by atoms with Crippen molar-refractivity contribution in [1.29, 1.82) is 0 Å². The van der Waals surface area contributed by atoms with Crippen LogP contribution in [-0.4, -0.2) is 24.8 Å². The number of carbonyl (C=O) groups excluding carboxylic acids is 1. The third kappa shape index (κ3) is 7.43. The minimum absolute atomic E-state index is 0.175. The van der Waals surface area contributed by atoms with Gasteiger partial charge in [0.05, 0.1) is 5.60 Å². The molecule has 0 radical (unpaired) electrons. The van der Waals surface area contributed by atoms with Gasteiger partial charge in [0.25, 0.3) is 0 Å². The number of hydrogen-bond donors (Lipinski definition) is 0. The molecule has 0 aliphatic rings. The van der Waals surface area contributed by atoms with Gasteiger partial charge in [-0.2, -0.15) is 0 Å². The molecule has 0 heterocycles. The van der Waals surface area contributed by atoms with Gasteiger partial charge in [-0.3, -0.25) is 0 Å². The first-order valence-corrected chi connectivity index (χ1v) is 5.52. The van der Waals surface area contributed by atoms with Gasteiger partial charge in [0.15, 0.2) is 0 Å². The average Bonchev–Trinajstić information content (AvgIpc) is 2.16. The number of rotatable bonds is 8. The van der Waals surface area contributed by atoms with Crippen LogP contribution in [0.5, 0.6) is 0 Å². The Morgan fingerprint density at radius 2 is 1.94 bits per heavy atom. The summed E-state index contributed by atoms with van der Waals surface area (Å²) in [7, 11) is 0. The summed E-state index contributed by atoms with van der Waals surface area (Å²) in [6.07, 6.45) is 1.94. The summed E-state index contributed by atoms with van der Waals surface area (Å²) >= 11 is 0. The lowest BCUT2D eigenvalue weighted by Crippen LogP contribution is -2.25. The summed E-state index contributed by atoms with van der Waals surface area (Å²) in [4.78, 5) is 21.2. The minimum Gasteiger partial charge on any atom is -0.460 e. The minimum atomic E-state index is -0.406. The Morgan fingerprint density at radius 1 is 1.31 bits per heavy atom. The molecule has 0 fully saturated rings. The normalized spacial score (nSPS) is 11.2. The van der Waals surface area contributed by atoms with Gasteiger partial charge in [0.1, 0.15) is 13.2 Å². The van der Waals surface area contributed by atoms with Crippen molar-refractivity contribution < 1.29 is 19.3 Å². The first-order chi connectivity index (χ1) is 7.39. The van der Waals surface area contributed by atoms with E-state index >= 15 is 0 Å². The van der Waals surface area contributed by atoms with Gasteiger partial charge in [0.2, 0.25) is 0 Å². The van der Waals surface area contributed by atoms with Crippen LogP contribution >= 0.6 is 0 Å². The van der Waals surface area contributed by atoms with Crippen molar-refractivity contribution in [2.24, 2.45) is 0 Å². The molecule has 0 aliphatic heterocycles. The molecule has 0 aromatic heterocycles. The van der Waals surface area contributed by atoms with Crippen molar-refractivity contribution in [2.75, 3.05) is 13.2 Å². The second-order valence-electron chi connectivity index (χ2n) is 4.33. The molecule has 0 saturated heterocycles. The van der Waals surface area contributed by atoms with E-state index in [1.807, 2.05) is 13.8 Å². The quantitative estimate of drug-likeness (QED) is 0.211. The summed E-state index contributed by atoms with van der Waals surface area (Å²) in [5.74, 6) is -0.406. The molecule has 4 heteroatoms. The first kappa shape index (κ1) is 15.1. The molecule has 0 aromatic carbocycles. The maximum Gasteiger partial charge on any atom is 0.333 e. The molecule has 0 saturated carbocycles. The van der Waals surface area contributed by atoms with E-state index in [0.29, 0.717) is 5.57 Å². The highest BCUT2D eigenvalue weighted by molar-refractivity contribution is 5.86. The second-order valence-corrected chi connectivity index (χ2v) is 4.33. The zero-order chi connectivity index (χ0) is 12.6. The highest BCUT2D eigenvalue weighted by Crippen LogP contribution is 2.16. The van der Waals surface area contributed by atoms with Crippen molar-refractivity contribution in [2.45, 2.75) is 46.1 Å². The molecule has 0 spiro atoms. The third-order valence-corrected chi connectivity index (χ3v) is 1.88. The molecular formula is C12H22O4. The van der Waals surface area contributed by atoms with E-state index < -0.39 is 5.97 Å². The standard InChI is InChI=1S/C12H22O4/c1-6-7-12(4,5)16-15-9-8-14-11(13)10(2)3/h2,6-9H2,1,3-5H3. The van der Waals surface area contributed by atoms with E-state index in [-0.39, 0.29) is 18.8 Å². The maximum absolute atomic E-state index is 11.0. The highest BCUT2D eigenvalue weighted by Gasteiger charge is 2.18. The predicted molar refractivity (Wildman–Crippen MR) is 61.8 cm³/mol. The Kier molecular flexibility index (Phi) is 7.01. The van der Waals surface area contributed by atoms with Crippen molar-refractivity contribution in [3.8, 4) is 0 Å². The molecule has 0 rings (SSSR count). The topological polar surface area (TPSA) is 44.8 Å². The number of esters is 1. The van der Waals surface area contributed by atoms with Crippen LogP contribution < -0.4 is 0 Å². The maximum atomic E-state index is 11.0. The molecule has 0 aromatic rings. The second kappa shape index (κ2) is 7.41. The molecule has 0 bridgehead atoms. The SMILES string of the molecule is C=C(C)C(=O)OCCOOC(C)(C)CCC. The van der Waals surface area contributed by atoms with E-state index in [0.717, 1.165) is 12.8 Å². The lowest BCUT2D eigenvalue weighted by Gasteiger charge is -2.22. The van der Waals surface area contributed by atoms with Crippen LogP contribution in [0.1, 0.15) is 40.5 Å². The fraction of sp³-hybridized carbons (Fsp3) is 0.750. The van der Waals surface area contributed by atoms with E-state index in [1.54, 1.807) is 6.92 Å². The zero-order valence-electron chi connectivity index (χ0n) is 10.7. The van der Waals surface area contributed by atoms with E-state index in [1.165, 1.54) is 0 Å². The van der Waals surface area contributed by atoms with Crippen molar-refractivity contribution in [3.63, 3.8) is 0 Å². The Morgan fingerprint density at radius 3 is 2.44 bits per heavy atom. The Labute approximate surface area is 97.5 Å². The summed E-state index contributed by atoms with van der Waals surface area (Å²) in [5, 5.41) is 0. The Hall–Kier alpha value is -0.870. The van der Waals surface area contributed by atoms with Gasteiger partial charge >= 0.3 is 5.97 Å².